The Labute approximate surface area is 245 Å². The maximum atomic E-state index is 5.17. The van der Waals surface area contributed by atoms with Gasteiger partial charge in [0.25, 0.3) is 0 Å². The Hall–Kier alpha value is -5.08. The highest BCUT2D eigenvalue weighted by Crippen LogP contribution is 2.51. The lowest BCUT2D eigenvalue weighted by Crippen LogP contribution is -2.06. The van der Waals surface area contributed by atoms with Gasteiger partial charge in [0.05, 0.1) is 22.4 Å². The van der Waals surface area contributed by atoms with Crippen molar-refractivity contribution in [2.75, 3.05) is 0 Å². The predicted molar refractivity (Wildman–Crippen MR) is 174 cm³/mol. The first-order valence-electron chi connectivity index (χ1n) is 14.9. The molecule has 2 heterocycles. The van der Waals surface area contributed by atoms with E-state index in [1.54, 1.807) is 11.1 Å². The standard InChI is InChI=1S/C40H28N2/c1-2-7-26(8-3-1)36-23-19-28-17-18-29-20-24-37(42-40(29)39(28)41-36)27-15-13-25(14-16-27)30-21-22-35-32-10-5-4-9-31(32)34-12-6-11-33(30)38(34)35/h1-3,5-8,10,12-24,34H,4,9,11H2. The molecule has 1 atom stereocenters. The van der Waals surface area contributed by atoms with Gasteiger partial charge in [-0.1, -0.05) is 121 Å². The van der Waals surface area contributed by atoms with Crippen molar-refractivity contribution in [3.05, 3.63) is 150 Å². The quantitative estimate of drug-likeness (QED) is 0.166. The normalized spacial score (nSPS) is 16.7. The smallest absolute Gasteiger partial charge is 0.0972 e. The first-order chi connectivity index (χ1) is 20.8. The third-order valence-electron chi connectivity index (χ3n) is 9.28. The van der Waals surface area contributed by atoms with Crippen molar-refractivity contribution in [2.24, 2.45) is 0 Å². The van der Waals surface area contributed by atoms with Crippen LogP contribution in [0.3, 0.4) is 0 Å². The predicted octanol–water partition coefficient (Wildman–Crippen LogP) is 10.1. The van der Waals surface area contributed by atoms with Gasteiger partial charge in [0.15, 0.2) is 0 Å². The van der Waals surface area contributed by atoms with Crippen molar-refractivity contribution in [3.63, 3.8) is 0 Å². The fraction of sp³-hybridized carbons (Fsp3) is 0.100. The second-order valence-electron chi connectivity index (χ2n) is 11.6. The maximum absolute atomic E-state index is 5.17. The van der Waals surface area contributed by atoms with Crippen molar-refractivity contribution in [1.29, 1.82) is 0 Å². The monoisotopic (exact) mass is 536 g/mol. The van der Waals surface area contributed by atoms with E-state index in [0.29, 0.717) is 5.92 Å². The number of nitrogens with zero attached hydrogens (tertiary/aromatic N) is 2. The first kappa shape index (κ1) is 23.6. The van der Waals surface area contributed by atoms with Gasteiger partial charge in [0.1, 0.15) is 0 Å². The Morgan fingerprint density at radius 1 is 0.571 bits per heavy atom. The van der Waals surface area contributed by atoms with Gasteiger partial charge in [-0.05, 0) is 64.8 Å². The molecule has 3 aliphatic carbocycles. The zero-order valence-corrected chi connectivity index (χ0v) is 23.2. The summed E-state index contributed by atoms with van der Waals surface area (Å²) in [5.74, 6) is 0.454. The topological polar surface area (TPSA) is 25.8 Å². The van der Waals surface area contributed by atoms with Crippen LogP contribution in [0.4, 0.5) is 0 Å². The Morgan fingerprint density at radius 2 is 1.21 bits per heavy atom. The van der Waals surface area contributed by atoms with E-state index in [9.17, 15) is 0 Å². The number of rotatable bonds is 3. The summed E-state index contributed by atoms with van der Waals surface area (Å²) in [6.45, 7) is 0. The van der Waals surface area contributed by atoms with Crippen LogP contribution < -0.4 is 0 Å². The second-order valence-corrected chi connectivity index (χ2v) is 11.6. The van der Waals surface area contributed by atoms with Crippen LogP contribution in [0.15, 0.2) is 133 Å². The average molecular weight is 537 g/mol. The molecule has 2 aromatic heterocycles. The van der Waals surface area contributed by atoms with E-state index in [4.69, 9.17) is 9.97 Å². The van der Waals surface area contributed by atoms with Gasteiger partial charge in [-0.3, -0.25) is 0 Å². The molecular formula is C40H28N2. The Balaban J connectivity index is 1.10. The summed E-state index contributed by atoms with van der Waals surface area (Å²) in [5.41, 5.74) is 16.2. The van der Waals surface area contributed by atoms with E-state index in [0.717, 1.165) is 57.2 Å². The van der Waals surface area contributed by atoms with Crippen LogP contribution in [-0.2, 0) is 6.42 Å². The van der Waals surface area contributed by atoms with Crippen LogP contribution in [0.25, 0.3) is 61.0 Å². The minimum Gasteiger partial charge on any atom is -0.245 e. The zero-order chi connectivity index (χ0) is 27.6. The molecule has 9 rings (SSSR count). The van der Waals surface area contributed by atoms with Crippen LogP contribution in [0.1, 0.15) is 35.4 Å². The fourth-order valence-electron chi connectivity index (χ4n) is 7.24. The third-order valence-corrected chi connectivity index (χ3v) is 9.28. The molecule has 0 spiro atoms. The maximum Gasteiger partial charge on any atom is 0.0972 e. The Bertz CT molecular complexity index is 2150. The van der Waals surface area contributed by atoms with E-state index >= 15 is 0 Å². The zero-order valence-electron chi connectivity index (χ0n) is 23.2. The summed E-state index contributed by atoms with van der Waals surface area (Å²) < 4.78 is 0. The van der Waals surface area contributed by atoms with E-state index in [-0.39, 0.29) is 0 Å². The van der Waals surface area contributed by atoms with Gasteiger partial charge < -0.3 is 0 Å². The third kappa shape index (κ3) is 3.58. The molecule has 0 fully saturated rings. The second kappa shape index (κ2) is 9.22. The number of aromatic nitrogens is 2. The summed E-state index contributed by atoms with van der Waals surface area (Å²) in [4.78, 5) is 10.2. The Kier molecular flexibility index (Phi) is 5.18. The molecule has 42 heavy (non-hydrogen) atoms. The number of benzene rings is 4. The van der Waals surface area contributed by atoms with E-state index in [1.807, 2.05) is 6.07 Å². The summed E-state index contributed by atoms with van der Waals surface area (Å²) in [6.07, 6.45) is 12.8. The lowest BCUT2D eigenvalue weighted by atomic mass is 9.81. The number of allylic oxidation sites excluding steroid dienone is 6. The van der Waals surface area contributed by atoms with Crippen LogP contribution in [0.5, 0.6) is 0 Å². The summed E-state index contributed by atoms with van der Waals surface area (Å²) in [7, 11) is 0. The van der Waals surface area contributed by atoms with Crippen molar-refractivity contribution in [3.8, 4) is 33.6 Å². The molecule has 6 aromatic rings. The SMILES string of the molecule is C1=CC2=C(CC1)C1C=CCc3c(-c4ccc(-c5ccc6ccc7ccc(-c8ccccc8)nc7c6n5)cc4)ccc2c31. The van der Waals surface area contributed by atoms with Crippen LogP contribution in [0.2, 0.25) is 0 Å². The molecule has 3 aliphatic rings. The molecule has 0 bridgehead atoms. The largest absolute Gasteiger partial charge is 0.245 e. The lowest BCUT2D eigenvalue weighted by molar-refractivity contribution is 0.856. The minimum absolute atomic E-state index is 0.454. The highest BCUT2D eigenvalue weighted by Gasteiger charge is 2.33. The van der Waals surface area contributed by atoms with Crippen molar-refractivity contribution < 1.29 is 0 Å². The fourth-order valence-corrected chi connectivity index (χ4v) is 7.24. The van der Waals surface area contributed by atoms with E-state index in [1.165, 1.54) is 34.2 Å². The molecule has 0 aliphatic heterocycles. The average Bonchev–Trinajstić information content (AvgIpc) is 3.40. The lowest BCUT2D eigenvalue weighted by Gasteiger charge is -2.23. The molecule has 0 saturated heterocycles. The molecule has 198 valence electrons. The molecule has 1 unspecified atom stereocenters. The molecule has 0 N–H and O–H groups in total. The molecule has 4 aromatic carbocycles. The summed E-state index contributed by atoms with van der Waals surface area (Å²) in [5, 5.41) is 2.21. The number of hydrogen-bond acceptors (Lipinski definition) is 2. The van der Waals surface area contributed by atoms with Crippen LogP contribution >= 0.6 is 0 Å². The Morgan fingerprint density at radius 3 is 1.95 bits per heavy atom. The first-order valence-corrected chi connectivity index (χ1v) is 14.9. The minimum atomic E-state index is 0.454. The molecular weight excluding hydrogens is 508 g/mol. The van der Waals surface area contributed by atoms with Crippen molar-refractivity contribution in [1.82, 2.24) is 9.97 Å². The van der Waals surface area contributed by atoms with Gasteiger partial charge >= 0.3 is 0 Å². The van der Waals surface area contributed by atoms with Gasteiger partial charge in [0.2, 0.25) is 0 Å². The summed E-state index contributed by atoms with van der Waals surface area (Å²) in [6, 6.07) is 36.9. The van der Waals surface area contributed by atoms with Gasteiger partial charge in [-0.2, -0.15) is 0 Å². The summed E-state index contributed by atoms with van der Waals surface area (Å²) >= 11 is 0. The van der Waals surface area contributed by atoms with E-state index < -0.39 is 0 Å². The molecule has 2 nitrogen and oxygen atoms in total. The molecule has 0 amide bonds. The molecule has 0 saturated carbocycles. The van der Waals surface area contributed by atoms with Gasteiger partial charge in [0, 0.05) is 27.8 Å². The van der Waals surface area contributed by atoms with Crippen molar-refractivity contribution >= 4 is 27.4 Å². The molecule has 2 heteroatoms. The van der Waals surface area contributed by atoms with Crippen LogP contribution in [0, 0.1) is 0 Å². The van der Waals surface area contributed by atoms with Crippen LogP contribution in [-0.4, -0.2) is 9.97 Å². The number of pyridine rings is 2. The highest BCUT2D eigenvalue weighted by molar-refractivity contribution is 6.04. The number of hydrogen-bond donors (Lipinski definition) is 0. The molecule has 0 radical (unpaired) electrons. The van der Waals surface area contributed by atoms with Gasteiger partial charge in [-0.15, -0.1) is 0 Å². The van der Waals surface area contributed by atoms with Crippen molar-refractivity contribution in [2.45, 2.75) is 25.2 Å². The van der Waals surface area contributed by atoms with Gasteiger partial charge in [-0.25, -0.2) is 9.97 Å². The highest BCUT2D eigenvalue weighted by atomic mass is 14.8. The number of fused-ring (bicyclic) bond motifs is 5. The van der Waals surface area contributed by atoms with E-state index in [2.05, 4.69) is 121 Å².